The fourth-order valence-electron chi connectivity index (χ4n) is 2.36. The average Bonchev–Trinajstić information content (AvgIpc) is 3.13. The van der Waals surface area contributed by atoms with E-state index in [0.717, 1.165) is 5.56 Å². The molecule has 0 spiro atoms. The number of rotatable bonds is 4. The lowest BCUT2D eigenvalue weighted by Crippen LogP contribution is -2.28. The van der Waals surface area contributed by atoms with Crippen LogP contribution in [0.15, 0.2) is 45.7 Å². The molecule has 1 aromatic heterocycles. The smallest absolute Gasteiger partial charge is 0.335 e. The first-order chi connectivity index (χ1) is 11.5. The molecule has 2 heterocycles. The van der Waals surface area contributed by atoms with Crippen LogP contribution in [0.3, 0.4) is 0 Å². The summed E-state index contributed by atoms with van der Waals surface area (Å²) in [4.78, 5) is 25.4. The van der Waals surface area contributed by atoms with E-state index < -0.39 is 5.97 Å². The maximum atomic E-state index is 12.2. The highest BCUT2D eigenvalue weighted by molar-refractivity contribution is 8.14. The predicted molar refractivity (Wildman–Crippen MR) is 96.8 cm³/mol. The van der Waals surface area contributed by atoms with Crippen molar-refractivity contribution in [2.24, 2.45) is 0 Å². The van der Waals surface area contributed by atoms with Crippen LogP contribution in [0.2, 0.25) is 0 Å². The second-order valence-corrected chi connectivity index (χ2v) is 7.09. The first kappa shape index (κ1) is 16.7. The summed E-state index contributed by atoms with van der Waals surface area (Å²) < 4.78 is 5.58. The average molecular weight is 361 g/mol. The summed E-state index contributed by atoms with van der Waals surface area (Å²) in [6, 6.07) is 10.0. The molecule has 0 bridgehead atoms. The fraction of sp³-hybridized carbons (Fsp3) is 0.176. The Morgan fingerprint density at radius 2 is 2.04 bits per heavy atom. The molecule has 3 rings (SSSR count). The van der Waals surface area contributed by atoms with Crippen LogP contribution in [0, 0.1) is 0 Å². The molecule has 0 radical (unpaired) electrons. The van der Waals surface area contributed by atoms with Crippen LogP contribution in [-0.2, 0) is 4.79 Å². The van der Waals surface area contributed by atoms with E-state index in [2.05, 4.69) is 12.6 Å². The lowest BCUT2D eigenvalue weighted by Gasteiger charge is -2.15. The number of carbonyl (C=O) groups is 2. The number of carboxylic acid groups (broad SMARTS) is 1. The minimum Gasteiger partial charge on any atom is -0.478 e. The molecule has 0 saturated carbocycles. The Kier molecular flexibility index (Phi) is 4.73. The van der Waals surface area contributed by atoms with Gasteiger partial charge >= 0.3 is 5.97 Å². The molecule has 2 aromatic rings. The van der Waals surface area contributed by atoms with Crippen molar-refractivity contribution in [1.29, 1.82) is 0 Å². The third kappa shape index (κ3) is 3.22. The van der Waals surface area contributed by atoms with Crippen molar-refractivity contribution in [2.75, 3.05) is 6.54 Å². The van der Waals surface area contributed by atoms with Crippen LogP contribution >= 0.6 is 24.4 Å². The number of hydrogen-bond acceptors (Lipinski definition) is 5. The molecular formula is C17H15NO4S2. The number of furan rings is 1. The molecule has 1 aliphatic heterocycles. The maximum Gasteiger partial charge on any atom is 0.335 e. The van der Waals surface area contributed by atoms with Crippen LogP contribution in [-0.4, -0.2) is 33.1 Å². The Morgan fingerprint density at radius 1 is 1.33 bits per heavy atom. The van der Waals surface area contributed by atoms with Gasteiger partial charge in [0.2, 0.25) is 0 Å². The monoisotopic (exact) mass is 361 g/mol. The maximum absolute atomic E-state index is 12.2. The molecule has 1 atom stereocenters. The third-order valence-corrected chi connectivity index (χ3v) is 5.23. The number of benzene rings is 1. The molecule has 1 aromatic carbocycles. The highest BCUT2D eigenvalue weighted by Gasteiger charge is 2.32. The van der Waals surface area contributed by atoms with E-state index in [1.165, 1.54) is 23.9 Å². The molecule has 1 amide bonds. The first-order valence-electron chi connectivity index (χ1n) is 7.30. The molecular weight excluding hydrogens is 346 g/mol. The van der Waals surface area contributed by atoms with Crippen molar-refractivity contribution in [3.05, 3.63) is 52.6 Å². The number of likely N-dealkylation sites (N-methyl/N-ethyl adjacent to an activating group) is 1. The molecule has 1 unspecified atom stereocenters. The van der Waals surface area contributed by atoms with Gasteiger partial charge in [0.1, 0.15) is 16.2 Å². The minimum atomic E-state index is -0.968. The van der Waals surface area contributed by atoms with Gasteiger partial charge in [-0.1, -0.05) is 23.9 Å². The number of carbonyl (C=O) groups excluding carboxylic acids is 1. The van der Waals surface area contributed by atoms with Crippen molar-refractivity contribution < 1.29 is 19.1 Å². The van der Waals surface area contributed by atoms with E-state index in [1.807, 2.05) is 6.92 Å². The topological polar surface area (TPSA) is 70.8 Å². The Bertz CT molecular complexity index is 810. The van der Waals surface area contributed by atoms with E-state index in [-0.39, 0.29) is 16.2 Å². The number of aromatic carboxylic acids is 1. The normalized spacial score (nSPS) is 19.2. The summed E-state index contributed by atoms with van der Waals surface area (Å²) in [5, 5.41) is 8.92. The van der Waals surface area contributed by atoms with Crippen LogP contribution in [0.5, 0.6) is 0 Å². The van der Waals surface area contributed by atoms with Crippen LogP contribution in [0.1, 0.15) is 23.0 Å². The summed E-state index contributed by atoms with van der Waals surface area (Å²) in [6.45, 7) is 2.52. The van der Waals surface area contributed by atoms with Crippen molar-refractivity contribution in [3.8, 4) is 11.3 Å². The molecule has 5 nitrogen and oxygen atoms in total. The van der Waals surface area contributed by atoms with Crippen LogP contribution < -0.4 is 0 Å². The van der Waals surface area contributed by atoms with Gasteiger partial charge in [-0.05, 0) is 31.2 Å². The zero-order chi connectivity index (χ0) is 17.3. The molecule has 0 aliphatic carbocycles. The summed E-state index contributed by atoms with van der Waals surface area (Å²) >= 11 is 5.78. The van der Waals surface area contributed by atoms with E-state index in [0.29, 0.717) is 23.0 Å². The highest BCUT2D eigenvalue weighted by atomic mass is 32.2. The first-order valence-corrected chi connectivity index (χ1v) is 8.70. The molecule has 1 N–H and O–H groups in total. The predicted octanol–water partition coefficient (Wildman–Crippen LogP) is 3.79. The van der Waals surface area contributed by atoms with Gasteiger partial charge in [-0.2, -0.15) is 0 Å². The van der Waals surface area contributed by atoms with Gasteiger partial charge in [-0.15, -0.1) is 12.6 Å². The van der Waals surface area contributed by atoms with E-state index in [1.54, 1.807) is 35.2 Å². The quantitative estimate of drug-likeness (QED) is 0.640. The fourth-order valence-corrected chi connectivity index (χ4v) is 3.97. The van der Waals surface area contributed by atoms with Gasteiger partial charge in [-0.25, -0.2) is 4.79 Å². The number of thiol groups is 1. The molecule has 1 fully saturated rings. The SMILES string of the molecule is CCN1C(=O)/C(=C/c2ccc(-c3ccc(C(=O)O)cc3)o2)SC1S. The standard InChI is InChI=1S/C17H15NO4S2/c1-2-18-15(19)14(24-17(18)23)9-12-7-8-13(22-12)10-3-5-11(6-4-10)16(20)21/h3-9,17,23H,2H2,1H3,(H,20,21)/b14-9-. The van der Waals surface area contributed by atoms with Crippen molar-refractivity contribution in [3.63, 3.8) is 0 Å². The lowest BCUT2D eigenvalue weighted by molar-refractivity contribution is -0.124. The molecule has 7 heteroatoms. The molecule has 24 heavy (non-hydrogen) atoms. The van der Waals surface area contributed by atoms with Crippen molar-refractivity contribution >= 4 is 42.3 Å². The second-order valence-electron chi connectivity index (χ2n) is 5.13. The van der Waals surface area contributed by atoms with Gasteiger partial charge in [-0.3, -0.25) is 4.79 Å². The Labute approximate surface area is 148 Å². The van der Waals surface area contributed by atoms with Crippen LogP contribution in [0.25, 0.3) is 17.4 Å². The van der Waals surface area contributed by atoms with E-state index >= 15 is 0 Å². The van der Waals surface area contributed by atoms with Gasteiger partial charge < -0.3 is 14.4 Å². The summed E-state index contributed by atoms with van der Waals surface area (Å²) in [7, 11) is 0. The number of thioether (sulfide) groups is 1. The zero-order valence-electron chi connectivity index (χ0n) is 12.8. The summed E-state index contributed by atoms with van der Waals surface area (Å²) in [5.41, 5.74) is 0.998. The summed E-state index contributed by atoms with van der Waals surface area (Å²) in [6.07, 6.45) is 1.71. The number of carboxylic acids is 1. The Morgan fingerprint density at radius 3 is 2.62 bits per heavy atom. The van der Waals surface area contributed by atoms with E-state index in [9.17, 15) is 9.59 Å². The van der Waals surface area contributed by atoms with Gasteiger partial charge in [0.25, 0.3) is 5.91 Å². The van der Waals surface area contributed by atoms with Gasteiger partial charge in [0.15, 0.2) is 0 Å². The van der Waals surface area contributed by atoms with Gasteiger partial charge in [0.05, 0.1) is 10.5 Å². The van der Waals surface area contributed by atoms with Gasteiger partial charge in [0, 0.05) is 18.2 Å². The third-order valence-electron chi connectivity index (χ3n) is 3.63. The molecule has 1 saturated heterocycles. The number of amides is 1. The Balaban J connectivity index is 1.82. The Hall–Kier alpha value is -2.12. The largest absolute Gasteiger partial charge is 0.478 e. The lowest BCUT2D eigenvalue weighted by atomic mass is 10.1. The van der Waals surface area contributed by atoms with Crippen molar-refractivity contribution in [2.45, 2.75) is 11.6 Å². The van der Waals surface area contributed by atoms with Crippen molar-refractivity contribution in [1.82, 2.24) is 4.90 Å². The van der Waals surface area contributed by atoms with E-state index in [4.69, 9.17) is 9.52 Å². The zero-order valence-corrected chi connectivity index (χ0v) is 14.5. The number of hydrogen-bond donors (Lipinski definition) is 2. The molecule has 1 aliphatic rings. The molecule has 124 valence electrons. The summed E-state index contributed by atoms with van der Waals surface area (Å²) in [5.74, 6) is 0.168. The van der Waals surface area contributed by atoms with Crippen LogP contribution in [0.4, 0.5) is 0 Å². The second kappa shape index (κ2) is 6.78. The highest BCUT2D eigenvalue weighted by Crippen LogP contribution is 2.38. The number of nitrogens with zero attached hydrogens (tertiary/aromatic N) is 1. The minimum absolute atomic E-state index is 0.0498.